The lowest BCUT2D eigenvalue weighted by atomic mass is 9.85. The normalized spacial score (nSPS) is 20.3. The molecular formula is C18H20F3N3O3. The quantitative estimate of drug-likeness (QED) is 0.850. The molecule has 2 aromatic rings. The Labute approximate surface area is 154 Å². The van der Waals surface area contributed by atoms with Crippen LogP contribution in [0.2, 0.25) is 0 Å². The van der Waals surface area contributed by atoms with Gasteiger partial charge < -0.3 is 14.6 Å². The molecule has 0 aliphatic heterocycles. The van der Waals surface area contributed by atoms with Crippen molar-refractivity contribution in [2.75, 3.05) is 0 Å². The largest absolute Gasteiger partial charge is 0.485 e. The molecule has 1 heterocycles. The van der Waals surface area contributed by atoms with E-state index in [0.717, 1.165) is 0 Å². The highest BCUT2D eigenvalue weighted by Gasteiger charge is 2.42. The number of halogens is 3. The van der Waals surface area contributed by atoms with Crippen LogP contribution in [0.15, 0.2) is 28.8 Å². The number of hydrogen-bond acceptors (Lipinski definition) is 5. The van der Waals surface area contributed by atoms with E-state index in [1.807, 2.05) is 0 Å². The Morgan fingerprint density at radius 1 is 1.30 bits per heavy atom. The Balaban J connectivity index is 1.52. The van der Waals surface area contributed by atoms with Gasteiger partial charge in [-0.1, -0.05) is 11.6 Å². The second-order valence-electron chi connectivity index (χ2n) is 6.62. The molecule has 146 valence electrons. The van der Waals surface area contributed by atoms with Crippen molar-refractivity contribution < 1.29 is 27.2 Å². The number of nitrogens with zero attached hydrogens (tertiary/aromatic N) is 2. The Kier molecular flexibility index (Phi) is 5.67. The van der Waals surface area contributed by atoms with Crippen LogP contribution >= 0.6 is 0 Å². The molecule has 0 radical (unpaired) electrons. The molecule has 0 saturated heterocycles. The molecule has 9 heteroatoms. The lowest BCUT2D eigenvalue weighted by Crippen LogP contribution is -2.41. The maximum Gasteiger partial charge on any atom is 0.391 e. The monoisotopic (exact) mass is 383 g/mol. The fourth-order valence-electron chi connectivity index (χ4n) is 3.14. The number of carbonyl (C=O) groups excluding carboxylic acids is 1. The number of benzene rings is 1. The summed E-state index contributed by atoms with van der Waals surface area (Å²) in [5.74, 6) is -0.366. The summed E-state index contributed by atoms with van der Waals surface area (Å²) in [4.78, 5) is 16.3. The van der Waals surface area contributed by atoms with Gasteiger partial charge in [-0.25, -0.2) is 0 Å². The minimum Gasteiger partial charge on any atom is -0.485 e. The predicted molar refractivity (Wildman–Crippen MR) is 89.1 cm³/mol. The first kappa shape index (κ1) is 19.2. The molecule has 3 rings (SSSR count). The second-order valence-corrected chi connectivity index (χ2v) is 6.62. The van der Waals surface area contributed by atoms with Crippen molar-refractivity contribution in [3.63, 3.8) is 0 Å². The van der Waals surface area contributed by atoms with Gasteiger partial charge in [0.15, 0.2) is 6.61 Å². The van der Waals surface area contributed by atoms with Crippen molar-refractivity contribution >= 4 is 5.91 Å². The van der Waals surface area contributed by atoms with Gasteiger partial charge in [0.2, 0.25) is 11.7 Å². The lowest BCUT2D eigenvalue weighted by molar-refractivity contribution is -0.183. The molecule has 2 atom stereocenters. The van der Waals surface area contributed by atoms with Gasteiger partial charge >= 0.3 is 6.18 Å². The van der Waals surface area contributed by atoms with Crippen LogP contribution in [0.25, 0.3) is 0 Å². The fraction of sp³-hybridized carbons (Fsp3) is 0.500. The molecule has 0 spiro atoms. The van der Waals surface area contributed by atoms with E-state index >= 15 is 0 Å². The van der Waals surface area contributed by atoms with Gasteiger partial charge in [0.1, 0.15) is 5.75 Å². The van der Waals surface area contributed by atoms with Crippen molar-refractivity contribution in [2.45, 2.75) is 51.4 Å². The number of rotatable bonds is 5. The Morgan fingerprint density at radius 2 is 2.04 bits per heavy atom. The first-order valence-corrected chi connectivity index (χ1v) is 8.71. The van der Waals surface area contributed by atoms with E-state index in [-0.39, 0.29) is 25.4 Å². The van der Waals surface area contributed by atoms with Gasteiger partial charge in [0, 0.05) is 18.5 Å². The van der Waals surface area contributed by atoms with Crippen LogP contribution in [0.5, 0.6) is 5.75 Å². The molecule has 1 amide bonds. The summed E-state index contributed by atoms with van der Waals surface area (Å²) in [6.07, 6.45) is -3.14. The summed E-state index contributed by atoms with van der Waals surface area (Å²) in [6.45, 7) is 1.80. The standard InChI is InChI=1S/C18H20F3N3O3/c1-11-22-16(24-27-11)10-26-15-7-5-12(6-8-15)17(25)23-14-4-2-3-13(9-14)18(19,20)21/h5-8,13-14H,2-4,9-10H2,1H3,(H,23,25)/t13-,14-/m0/s1. The van der Waals surface area contributed by atoms with Crippen LogP contribution in [0.1, 0.15) is 47.8 Å². The van der Waals surface area contributed by atoms with Crippen molar-refractivity contribution in [3.8, 4) is 5.75 Å². The number of alkyl halides is 3. The molecular weight excluding hydrogens is 363 g/mol. The number of carbonyl (C=O) groups is 1. The SMILES string of the molecule is Cc1nc(COc2ccc(C(=O)N[C@H]3CCC[C@H](C(F)(F)F)C3)cc2)no1. The second kappa shape index (κ2) is 7.98. The van der Waals surface area contributed by atoms with Crippen molar-refractivity contribution in [3.05, 3.63) is 41.5 Å². The smallest absolute Gasteiger partial charge is 0.391 e. The summed E-state index contributed by atoms with van der Waals surface area (Å²) in [5, 5.41) is 6.41. The highest BCUT2D eigenvalue weighted by atomic mass is 19.4. The summed E-state index contributed by atoms with van der Waals surface area (Å²) < 4.78 is 49.0. The summed E-state index contributed by atoms with van der Waals surface area (Å²) in [5.41, 5.74) is 0.367. The number of aryl methyl sites for hydroxylation is 1. The van der Waals surface area contributed by atoms with E-state index < -0.39 is 18.1 Å². The van der Waals surface area contributed by atoms with E-state index in [4.69, 9.17) is 9.26 Å². The third-order valence-electron chi connectivity index (χ3n) is 4.53. The average Bonchev–Trinajstić information content (AvgIpc) is 3.05. The van der Waals surface area contributed by atoms with Crippen LogP contribution in [0, 0.1) is 12.8 Å². The zero-order valence-electron chi connectivity index (χ0n) is 14.8. The summed E-state index contributed by atoms with van der Waals surface area (Å²) in [7, 11) is 0. The molecule has 1 N–H and O–H groups in total. The summed E-state index contributed by atoms with van der Waals surface area (Å²) >= 11 is 0. The molecule has 0 bridgehead atoms. The van der Waals surface area contributed by atoms with Crippen LogP contribution in [-0.2, 0) is 6.61 Å². The van der Waals surface area contributed by atoms with Crippen molar-refractivity contribution in [1.82, 2.24) is 15.5 Å². The van der Waals surface area contributed by atoms with Gasteiger partial charge in [-0.3, -0.25) is 4.79 Å². The Hall–Kier alpha value is -2.58. The molecule has 1 aliphatic carbocycles. The van der Waals surface area contributed by atoms with Crippen LogP contribution < -0.4 is 10.1 Å². The van der Waals surface area contributed by atoms with Gasteiger partial charge in [0.05, 0.1) is 5.92 Å². The molecule has 1 fully saturated rings. The maximum atomic E-state index is 12.9. The third kappa shape index (κ3) is 5.21. The lowest BCUT2D eigenvalue weighted by Gasteiger charge is -2.31. The molecule has 1 aromatic heterocycles. The molecule has 0 unspecified atom stereocenters. The number of hydrogen-bond donors (Lipinski definition) is 1. The highest BCUT2D eigenvalue weighted by Crippen LogP contribution is 2.37. The van der Waals surface area contributed by atoms with E-state index in [1.165, 1.54) is 0 Å². The van der Waals surface area contributed by atoms with Crippen molar-refractivity contribution in [1.29, 1.82) is 0 Å². The van der Waals surface area contributed by atoms with Crippen LogP contribution in [0.3, 0.4) is 0 Å². The zero-order chi connectivity index (χ0) is 19.4. The van der Waals surface area contributed by atoms with E-state index in [2.05, 4.69) is 15.5 Å². The number of nitrogens with one attached hydrogen (secondary N) is 1. The highest BCUT2D eigenvalue weighted by molar-refractivity contribution is 5.94. The minimum absolute atomic E-state index is 0.0689. The van der Waals surface area contributed by atoms with Gasteiger partial charge in [0.25, 0.3) is 5.91 Å². The molecule has 1 aliphatic rings. The third-order valence-corrected chi connectivity index (χ3v) is 4.53. The fourth-order valence-corrected chi connectivity index (χ4v) is 3.14. The van der Waals surface area contributed by atoms with E-state index in [9.17, 15) is 18.0 Å². The van der Waals surface area contributed by atoms with Gasteiger partial charge in [-0.05, 0) is 43.5 Å². The number of ether oxygens (including phenoxy) is 1. The number of amides is 1. The molecule has 27 heavy (non-hydrogen) atoms. The Morgan fingerprint density at radius 3 is 2.67 bits per heavy atom. The predicted octanol–water partition coefficient (Wildman–Crippen LogP) is 3.81. The topological polar surface area (TPSA) is 77.2 Å². The van der Waals surface area contributed by atoms with Crippen molar-refractivity contribution in [2.24, 2.45) is 5.92 Å². The molecule has 6 nitrogen and oxygen atoms in total. The maximum absolute atomic E-state index is 12.9. The first-order valence-electron chi connectivity index (χ1n) is 8.71. The summed E-state index contributed by atoms with van der Waals surface area (Å²) in [6, 6.07) is 5.89. The molecule has 1 aromatic carbocycles. The molecule has 1 saturated carbocycles. The van der Waals surface area contributed by atoms with E-state index in [1.54, 1.807) is 31.2 Å². The number of aromatic nitrogens is 2. The zero-order valence-corrected chi connectivity index (χ0v) is 14.8. The minimum atomic E-state index is -4.21. The van der Waals surface area contributed by atoms with Gasteiger partial charge in [-0.2, -0.15) is 18.2 Å². The Bertz CT molecular complexity index is 774. The van der Waals surface area contributed by atoms with Gasteiger partial charge in [-0.15, -0.1) is 0 Å². The average molecular weight is 383 g/mol. The first-order chi connectivity index (χ1) is 12.8. The van der Waals surface area contributed by atoms with E-state index in [0.29, 0.717) is 35.9 Å². The van der Waals surface area contributed by atoms with Crippen LogP contribution in [0.4, 0.5) is 13.2 Å². The van der Waals surface area contributed by atoms with Crippen LogP contribution in [-0.4, -0.2) is 28.3 Å².